The highest BCUT2D eigenvalue weighted by atomic mass is 35.5. The number of amides is 1. The van der Waals surface area contributed by atoms with Crippen LogP contribution in [0.4, 0.5) is 5.69 Å². The van der Waals surface area contributed by atoms with Gasteiger partial charge in [-0.05, 0) is 48.6 Å². The van der Waals surface area contributed by atoms with Gasteiger partial charge in [0.15, 0.2) is 0 Å². The number of aromatic nitrogens is 1. The Balaban J connectivity index is 1.26. The number of nitrogens with zero attached hydrogens (tertiary/aromatic N) is 4. The average molecular weight is 475 g/mol. The lowest BCUT2D eigenvalue weighted by Crippen LogP contribution is -2.44. The number of carbonyl (C=O) groups is 2. The van der Waals surface area contributed by atoms with Gasteiger partial charge in [0.2, 0.25) is 5.96 Å². The zero-order chi connectivity index (χ0) is 23.5. The fraction of sp³-hybridized carbons (Fsp3) is 0.240. The van der Waals surface area contributed by atoms with Crippen LogP contribution in [0.25, 0.3) is 0 Å². The molecular formula is C25H23ClN6O2. The van der Waals surface area contributed by atoms with Crippen LogP contribution in [0.2, 0.25) is 0 Å². The summed E-state index contributed by atoms with van der Waals surface area (Å²) in [4.78, 5) is 38.4. The maximum Gasteiger partial charge on any atom is 0.251 e. The summed E-state index contributed by atoms with van der Waals surface area (Å²) in [5, 5.41) is 6.07. The van der Waals surface area contributed by atoms with Crippen LogP contribution in [0.3, 0.4) is 0 Å². The molecule has 0 bridgehead atoms. The second-order valence-corrected chi connectivity index (χ2v) is 8.80. The molecule has 1 unspecified atom stereocenters. The molecule has 1 spiro atoms. The summed E-state index contributed by atoms with van der Waals surface area (Å²) in [5.41, 5.74) is 3.11. The first-order chi connectivity index (χ1) is 16.5. The summed E-state index contributed by atoms with van der Waals surface area (Å²) in [7, 11) is 0. The van der Waals surface area contributed by atoms with Crippen molar-refractivity contribution in [1.29, 1.82) is 0 Å². The van der Waals surface area contributed by atoms with Crippen LogP contribution >= 0.6 is 11.8 Å². The quantitative estimate of drug-likeness (QED) is 0.661. The molecule has 1 fully saturated rings. The summed E-state index contributed by atoms with van der Waals surface area (Å²) >= 11 is 6.46. The van der Waals surface area contributed by atoms with Gasteiger partial charge < -0.3 is 10.6 Å². The molecule has 9 heteroatoms. The van der Waals surface area contributed by atoms with E-state index in [1.165, 1.54) is 0 Å². The number of guanidine groups is 1. The first-order valence-corrected chi connectivity index (χ1v) is 11.4. The molecule has 1 aromatic heterocycles. The average Bonchev–Trinajstić information content (AvgIpc) is 2.99. The molecule has 2 aromatic rings. The highest BCUT2D eigenvalue weighted by molar-refractivity contribution is 6.18. The monoisotopic (exact) mass is 474 g/mol. The Kier molecular flexibility index (Phi) is 5.98. The van der Waals surface area contributed by atoms with E-state index in [-0.39, 0.29) is 11.7 Å². The minimum atomic E-state index is -0.620. The van der Waals surface area contributed by atoms with Crippen molar-refractivity contribution in [3.63, 3.8) is 0 Å². The maximum atomic E-state index is 12.4. The predicted molar refractivity (Wildman–Crippen MR) is 132 cm³/mol. The first-order valence-electron chi connectivity index (χ1n) is 11.1. The van der Waals surface area contributed by atoms with E-state index < -0.39 is 5.41 Å². The van der Waals surface area contributed by atoms with Crippen LogP contribution < -0.4 is 10.6 Å². The smallest absolute Gasteiger partial charge is 0.251 e. The number of hydrogen-bond donors (Lipinski definition) is 2. The van der Waals surface area contributed by atoms with Gasteiger partial charge in [0.1, 0.15) is 5.78 Å². The Morgan fingerprint density at radius 2 is 2.03 bits per heavy atom. The molecular weight excluding hydrogens is 452 g/mol. The fourth-order valence-electron chi connectivity index (χ4n) is 4.34. The zero-order valence-electron chi connectivity index (χ0n) is 18.4. The molecule has 8 nitrogen and oxygen atoms in total. The number of nitrogens with one attached hydrogen (secondary N) is 2. The van der Waals surface area contributed by atoms with E-state index in [0.717, 1.165) is 22.8 Å². The molecule has 1 saturated heterocycles. The molecule has 3 heterocycles. The van der Waals surface area contributed by atoms with E-state index in [0.29, 0.717) is 44.0 Å². The minimum Gasteiger partial charge on any atom is -0.346 e. The standard InChI is InChI=1S/C25H23ClN6O2/c26-32-13-11-20(33)14-25-16-29-24(31-21(25)5-3-6-22(25)32)30-18-9-7-17(8-10-18)23(34)28-15-19-4-1-2-12-27-19/h1-10,12H,11,13-16H2,(H,28,34)(H,29,30). The van der Waals surface area contributed by atoms with Gasteiger partial charge in [-0.15, -0.1) is 0 Å². The van der Waals surface area contributed by atoms with Crippen LogP contribution in [0, 0.1) is 5.41 Å². The molecule has 0 radical (unpaired) electrons. The van der Waals surface area contributed by atoms with Crippen LogP contribution in [-0.4, -0.2) is 45.9 Å². The van der Waals surface area contributed by atoms with Crippen LogP contribution in [0.1, 0.15) is 28.9 Å². The number of benzene rings is 1. The molecule has 5 rings (SSSR count). The molecule has 2 aliphatic heterocycles. The number of rotatable bonds is 4. The number of carbonyl (C=O) groups excluding carboxylic acids is 2. The van der Waals surface area contributed by atoms with E-state index in [1.54, 1.807) is 34.9 Å². The number of anilines is 1. The lowest BCUT2D eigenvalue weighted by molar-refractivity contribution is -0.119. The van der Waals surface area contributed by atoms with Crippen molar-refractivity contribution in [2.24, 2.45) is 15.4 Å². The van der Waals surface area contributed by atoms with Gasteiger partial charge >= 0.3 is 0 Å². The van der Waals surface area contributed by atoms with E-state index in [9.17, 15) is 9.59 Å². The van der Waals surface area contributed by atoms with Gasteiger partial charge in [-0.1, -0.05) is 12.1 Å². The van der Waals surface area contributed by atoms with E-state index in [4.69, 9.17) is 16.8 Å². The summed E-state index contributed by atoms with van der Waals surface area (Å²) in [6.45, 7) is 1.22. The predicted octanol–water partition coefficient (Wildman–Crippen LogP) is 3.49. The van der Waals surface area contributed by atoms with Gasteiger partial charge in [-0.3, -0.25) is 19.0 Å². The minimum absolute atomic E-state index is 0.153. The molecule has 1 atom stereocenters. The Hall–Kier alpha value is -3.78. The summed E-state index contributed by atoms with van der Waals surface area (Å²) < 4.78 is 1.62. The fourth-order valence-corrected chi connectivity index (χ4v) is 4.64. The van der Waals surface area contributed by atoms with Gasteiger partial charge in [-0.2, -0.15) is 0 Å². The topological polar surface area (TPSA) is 99.0 Å². The second kappa shape index (κ2) is 9.23. The van der Waals surface area contributed by atoms with Crippen molar-refractivity contribution in [2.75, 3.05) is 18.4 Å². The van der Waals surface area contributed by atoms with Crippen LogP contribution in [0.5, 0.6) is 0 Å². The highest BCUT2D eigenvalue weighted by Crippen LogP contribution is 2.43. The van der Waals surface area contributed by atoms with Crippen LogP contribution in [0.15, 0.2) is 82.6 Å². The largest absolute Gasteiger partial charge is 0.346 e. The SMILES string of the molecule is O=C1CCN(Cl)C2=CC=CC3=NC(Nc4ccc(C(=O)NCc5ccccn5)cc4)=NCC23C1. The Bertz CT molecular complexity index is 1240. The summed E-state index contributed by atoms with van der Waals surface area (Å²) in [5.74, 6) is 0.432. The lowest BCUT2D eigenvalue weighted by atomic mass is 9.72. The Labute approximate surface area is 202 Å². The van der Waals surface area contributed by atoms with Gasteiger partial charge in [0.25, 0.3) is 5.91 Å². The van der Waals surface area contributed by atoms with E-state index >= 15 is 0 Å². The normalized spacial score (nSPS) is 21.4. The number of ketones is 1. The first kappa shape index (κ1) is 22.0. The molecule has 34 heavy (non-hydrogen) atoms. The summed E-state index contributed by atoms with van der Waals surface area (Å²) in [6.07, 6.45) is 8.20. The maximum absolute atomic E-state index is 12.4. The van der Waals surface area contributed by atoms with Gasteiger partial charge in [-0.25, -0.2) is 9.98 Å². The molecule has 3 aliphatic rings. The molecule has 172 valence electrons. The molecule has 1 aliphatic carbocycles. The molecule has 0 saturated carbocycles. The second-order valence-electron chi connectivity index (χ2n) is 8.39. The van der Waals surface area contributed by atoms with Crippen molar-refractivity contribution < 1.29 is 9.59 Å². The van der Waals surface area contributed by atoms with Gasteiger partial charge in [0.05, 0.1) is 29.9 Å². The molecule has 2 N–H and O–H groups in total. The summed E-state index contributed by atoms with van der Waals surface area (Å²) in [6, 6.07) is 12.7. The van der Waals surface area contributed by atoms with Crippen molar-refractivity contribution in [3.05, 3.63) is 83.8 Å². The lowest BCUT2D eigenvalue weighted by Gasteiger charge is -2.39. The number of aliphatic imine (C=N–C) groups is 2. The third-order valence-electron chi connectivity index (χ3n) is 6.12. The zero-order valence-corrected chi connectivity index (χ0v) is 19.1. The molecule has 1 aromatic carbocycles. The number of halogens is 1. The van der Waals surface area contributed by atoms with E-state index in [2.05, 4.69) is 20.6 Å². The number of hydrogen-bond acceptors (Lipinski definition) is 7. The Morgan fingerprint density at radius 3 is 2.82 bits per heavy atom. The third kappa shape index (κ3) is 4.36. The highest BCUT2D eigenvalue weighted by Gasteiger charge is 2.47. The van der Waals surface area contributed by atoms with Crippen molar-refractivity contribution in [2.45, 2.75) is 19.4 Å². The number of allylic oxidation sites excluding steroid dienone is 3. The van der Waals surface area contributed by atoms with Crippen molar-refractivity contribution in [3.8, 4) is 0 Å². The van der Waals surface area contributed by atoms with E-state index in [1.807, 2.05) is 36.4 Å². The Morgan fingerprint density at radius 1 is 1.18 bits per heavy atom. The number of pyridine rings is 1. The van der Waals surface area contributed by atoms with Crippen molar-refractivity contribution in [1.82, 2.24) is 14.7 Å². The number of Topliss-reactive ketones (excluding diaryl/α,β-unsaturated/α-hetero) is 1. The van der Waals surface area contributed by atoms with Gasteiger partial charge in [0, 0.05) is 54.3 Å². The molecule has 1 amide bonds. The van der Waals surface area contributed by atoms with Crippen molar-refractivity contribution >= 4 is 40.8 Å². The third-order valence-corrected chi connectivity index (χ3v) is 6.47. The van der Waals surface area contributed by atoms with Crippen LogP contribution in [-0.2, 0) is 11.3 Å².